The van der Waals surface area contributed by atoms with E-state index in [1.807, 2.05) is 23.1 Å². The van der Waals surface area contributed by atoms with E-state index in [0.717, 1.165) is 29.9 Å². The molecule has 11 heteroatoms. The Hall–Kier alpha value is -3.31. The summed E-state index contributed by atoms with van der Waals surface area (Å²) in [6.07, 6.45) is 2.00. The van der Waals surface area contributed by atoms with Gasteiger partial charge in [0.05, 0.1) is 21.0 Å². The number of anilines is 1. The molecule has 1 saturated heterocycles. The number of hydrogen-bond donors (Lipinski definition) is 1. The lowest BCUT2D eigenvalue weighted by Gasteiger charge is -2.32. The Morgan fingerprint density at radius 2 is 2.00 bits per heavy atom. The highest BCUT2D eigenvalue weighted by atomic mass is 32.2. The number of carbonyl (C=O) groups is 2. The maximum Gasteiger partial charge on any atom is 0.253 e. The number of fused-ring (bicyclic) bond motifs is 1. The van der Waals surface area contributed by atoms with E-state index in [4.69, 9.17) is 4.98 Å². The number of piperidine rings is 1. The molecule has 3 heterocycles. The third kappa shape index (κ3) is 4.95. The van der Waals surface area contributed by atoms with Gasteiger partial charge in [-0.25, -0.2) is 9.67 Å². The van der Waals surface area contributed by atoms with Gasteiger partial charge in [0.25, 0.3) is 5.91 Å². The van der Waals surface area contributed by atoms with Gasteiger partial charge in [0.1, 0.15) is 0 Å². The first-order valence-corrected chi connectivity index (χ1v) is 12.8. The lowest BCUT2D eigenvalue weighted by atomic mass is 9.98. The molecule has 4 aromatic rings. The monoisotopic (exact) mass is 493 g/mol. The minimum atomic E-state index is -0.165. The van der Waals surface area contributed by atoms with E-state index in [9.17, 15) is 9.59 Å². The number of carbonyl (C=O) groups excluding carboxylic acids is 2. The van der Waals surface area contributed by atoms with Gasteiger partial charge in [-0.05, 0) is 59.7 Å². The molecule has 9 nitrogen and oxygen atoms in total. The number of rotatable bonds is 6. The van der Waals surface area contributed by atoms with E-state index in [0.29, 0.717) is 23.0 Å². The van der Waals surface area contributed by atoms with Crippen molar-refractivity contribution in [3.05, 3.63) is 59.1 Å². The number of nitrogens with zero attached hydrogens (tertiary/aromatic N) is 6. The molecule has 0 aliphatic carbocycles. The molecule has 2 amide bonds. The third-order valence-electron chi connectivity index (χ3n) is 5.70. The fraction of sp³-hybridized carbons (Fsp3) is 0.304. The number of tetrazole rings is 1. The fourth-order valence-corrected chi connectivity index (χ4v) is 5.72. The van der Waals surface area contributed by atoms with Crippen molar-refractivity contribution in [1.29, 1.82) is 0 Å². The maximum atomic E-state index is 13.1. The van der Waals surface area contributed by atoms with Gasteiger partial charge in [0, 0.05) is 37.3 Å². The number of aryl methyl sites for hydroxylation is 1. The summed E-state index contributed by atoms with van der Waals surface area (Å²) < 4.78 is 2.70. The Balaban J connectivity index is 1.18. The molecule has 0 bridgehead atoms. The zero-order chi connectivity index (χ0) is 23.5. The molecular formula is C23H23N7O2S2. The van der Waals surface area contributed by atoms with E-state index in [1.54, 1.807) is 42.6 Å². The summed E-state index contributed by atoms with van der Waals surface area (Å²) in [5.74, 6) is 0.293. The molecule has 0 saturated carbocycles. The van der Waals surface area contributed by atoms with Crippen molar-refractivity contribution in [2.24, 2.45) is 7.05 Å². The summed E-state index contributed by atoms with van der Waals surface area (Å²) >= 11 is 2.98. The van der Waals surface area contributed by atoms with Gasteiger partial charge in [-0.1, -0.05) is 23.9 Å². The van der Waals surface area contributed by atoms with Crippen LogP contribution in [0, 0.1) is 0 Å². The molecule has 174 valence electrons. The zero-order valence-corrected chi connectivity index (χ0v) is 20.2. The second-order valence-electron chi connectivity index (χ2n) is 8.11. The Labute approximate surface area is 204 Å². The van der Waals surface area contributed by atoms with Gasteiger partial charge >= 0.3 is 0 Å². The van der Waals surface area contributed by atoms with Crippen molar-refractivity contribution in [3.8, 4) is 0 Å². The Morgan fingerprint density at radius 1 is 1.18 bits per heavy atom. The number of nitrogens with one attached hydrogen (secondary N) is 1. The SMILES string of the molecule is Cn1nnnc1SCC(=O)Nc1ccc(C(=O)N2CCCC(c3nc4ccccc4s3)C2)cc1. The van der Waals surface area contributed by atoms with Crippen LogP contribution in [0.5, 0.6) is 0 Å². The highest BCUT2D eigenvalue weighted by molar-refractivity contribution is 7.99. The smallest absolute Gasteiger partial charge is 0.253 e. The molecule has 1 aliphatic rings. The molecule has 0 spiro atoms. The molecule has 1 aliphatic heterocycles. The Kier molecular flexibility index (Phi) is 6.54. The average molecular weight is 494 g/mol. The lowest BCUT2D eigenvalue weighted by Crippen LogP contribution is -2.39. The number of likely N-dealkylation sites (tertiary alicyclic amines) is 1. The lowest BCUT2D eigenvalue weighted by molar-refractivity contribution is -0.113. The summed E-state index contributed by atoms with van der Waals surface area (Å²) in [4.78, 5) is 32.1. The highest BCUT2D eigenvalue weighted by Crippen LogP contribution is 2.33. The molecule has 0 radical (unpaired) electrons. The van der Waals surface area contributed by atoms with Gasteiger partial charge in [-0.2, -0.15) is 0 Å². The van der Waals surface area contributed by atoms with Crippen molar-refractivity contribution in [2.75, 3.05) is 24.2 Å². The van der Waals surface area contributed by atoms with Crippen molar-refractivity contribution in [1.82, 2.24) is 30.1 Å². The van der Waals surface area contributed by atoms with Crippen LogP contribution in [-0.4, -0.2) is 60.7 Å². The van der Waals surface area contributed by atoms with Crippen LogP contribution in [0.4, 0.5) is 5.69 Å². The van der Waals surface area contributed by atoms with E-state index in [1.165, 1.54) is 21.1 Å². The molecule has 2 aromatic carbocycles. The summed E-state index contributed by atoms with van der Waals surface area (Å²) in [5, 5.41) is 15.7. The molecule has 34 heavy (non-hydrogen) atoms. The number of amides is 2. The standard InChI is InChI=1S/C23H23N7O2S2/c1-29-23(26-27-28-29)33-14-20(31)24-17-10-8-15(9-11-17)22(32)30-12-4-5-16(13-30)21-25-18-6-2-3-7-19(18)34-21/h2-3,6-11,16H,4-5,12-14H2,1H3,(H,24,31). The van der Waals surface area contributed by atoms with Crippen LogP contribution in [0.15, 0.2) is 53.7 Å². The Morgan fingerprint density at radius 3 is 2.76 bits per heavy atom. The zero-order valence-electron chi connectivity index (χ0n) is 18.5. The minimum Gasteiger partial charge on any atom is -0.338 e. The average Bonchev–Trinajstić information content (AvgIpc) is 3.49. The first-order valence-electron chi connectivity index (χ1n) is 11.0. The second kappa shape index (κ2) is 9.90. The number of thiazole rings is 1. The van der Waals surface area contributed by atoms with E-state index < -0.39 is 0 Å². The highest BCUT2D eigenvalue weighted by Gasteiger charge is 2.27. The van der Waals surface area contributed by atoms with Crippen LogP contribution in [0.25, 0.3) is 10.2 Å². The van der Waals surface area contributed by atoms with Gasteiger partial charge in [-0.3, -0.25) is 9.59 Å². The van der Waals surface area contributed by atoms with Crippen molar-refractivity contribution in [2.45, 2.75) is 23.9 Å². The van der Waals surface area contributed by atoms with Gasteiger partial charge in [-0.15, -0.1) is 16.4 Å². The fourth-order valence-electron chi connectivity index (χ4n) is 3.98. The summed E-state index contributed by atoms with van der Waals surface area (Å²) in [6.45, 7) is 1.41. The Bertz CT molecular complexity index is 1290. The summed E-state index contributed by atoms with van der Waals surface area (Å²) in [6, 6.07) is 15.2. The van der Waals surface area contributed by atoms with Crippen molar-refractivity contribution >= 4 is 50.8 Å². The summed E-state index contributed by atoms with van der Waals surface area (Å²) in [5.41, 5.74) is 2.28. The molecule has 5 rings (SSSR count). The van der Waals surface area contributed by atoms with Crippen molar-refractivity contribution < 1.29 is 9.59 Å². The molecular weight excluding hydrogens is 470 g/mol. The van der Waals surface area contributed by atoms with E-state index in [-0.39, 0.29) is 23.5 Å². The largest absolute Gasteiger partial charge is 0.338 e. The number of hydrogen-bond acceptors (Lipinski definition) is 8. The normalized spacial score (nSPS) is 16.0. The predicted molar refractivity (Wildman–Crippen MR) is 132 cm³/mol. The maximum absolute atomic E-state index is 13.1. The first-order chi connectivity index (χ1) is 16.6. The number of aromatic nitrogens is 5. The number of benzene rings is 2. The van der Waals surface area contributed by atoms with Crippen LogP contribution in [-0.2, 0) is 11.8 Å². The van der Waals surface area contributed by atoms with Crippen LogP contribution < -0.4 is 5.32 Å². The van der Waals surface area contributed by atoms with Crippen LogP contribution >= 0.6 is 23.1 Å². The van der Waals surface area contributed by atoms with Gasteiger partial charge < -0.3 is 10.2 Å². The van der Waals surface area contributed by atoms with E-state index in [2.05, 4.69) is 26.9 Å². The van der Waals surface area contributed by atoms with Crippen LogP contribution in [0.3, 0.4) is 0 Å². The minimum absolute atomic E-state index is 0.00836. The van der Waals surface area contributed by atoms with Gasteiger partial charge in [0.2, 0.25) is 11.1 Å². The molecule has 1 unspecified atom stereocenters. The molecule has 1 N–H and O–H groups in total. The molecule has 2 aromatic heterocycles. The second-order valence-corrected chi connectivity index (χ2v) is 10.1. The van der Waals surface area contributed by atoms with Gasteiger partial charge in [0.15, 0.2) is 0 Å². The van der Waals surface area contributed by atoms with E-state index >= 15 is 0 Å². The first kappa shape index (κ1) is 22.5. The number of thioether (sulfide) groups is 1. The molecule has 1 atom stereocenters. The summed E-state index contributed by atoms with van der Waals surface area (Å²) in [7, 11) is 1.72. The number of para-hydroxylation sites is 1. The van der Waals surface area contributed by atoms with Crippen LogP contribution in [0.2, 0.25) is 0 Å². The topological polar surface area (TPSA) is 106 Å². The molecule has 1 fully saturated rings. The van der Waals surface area contributed by atoms with Crippen LogP contribution in [0.1, 0.15) is 34.1 Å². The third-order valence-corrected chi connectivity index (χ3v) is 7.91. The predicted octanol–water partition coefficient (Wildman–Crippen LogP) is 3.57. The quantitative estimate of drug-likeness (QED) is 0.409. The van der Waals surface area contributed by atoms with Crippen molar-refractivity contribution in [3.63, 3.8) is 0 Å².